The van der Waals surface area contributed by atoms with E-state index in [4.69, 9.17) is 4.99 Å². The Balaban J connectivity index is 0.00000210. The molecule has 8 nitrogen and oxygen atoms in total. The van der Waals surface area contributed by atoms with Crippen LogP contribution in [0.3, 0.4) is 0 Å². The van der Waals surface area contributed by atoms with Crippen LogP contribution < -0.4 is 5.32 Å². The maximum atomic E-state index is 12.4. The molecule has 3 heterocycles. The molecule has 1 aromatic rings. The second kappa shape index (κ2) is 8.74. The Bertz CT molecular complexity index is 700. The zero-order chi connectivity index (χ0) is 18.1. The number of carbonyl (C=O) groups is 1. The van der Waals surface area contributed by atoms with Crippen LogP contribution >= 0.6 is 24.0 Å². The molecular formula is C18H30IN7O. The van der Waals surface area contributed by atoms with Gasteiger partial charge in [0.15, 0.2) is 5.96 Å². The summed E-state index contributed by atoms with van der Waals surface area (Å²) < 4.78 is 2.22. The van der Waals surface area contributed by atoms with Gasteiger partial charge in [0, 0.05) is 45.2 Å². The second-order valence-electron chi connectivity index (χ2n) is 7.61. The van der Waals surface area contributed by atoms with E-state index in [-0.39, 0.29) is 29.9 Å². The van der Waals surface area contributed by atoms with Crippen molar-refractivity contribution < 1.29 is 4.79 Å². The predicted octanol–water partition coefficient (Wildman–Crippen LogP) is 1.04. The van der Waals surface area contributed by atoms with Crippen LogP contribution in [-0.4, -0.2) is 75.2 Å². The normalized spacial score (nSPS) is 23.1. The molecule has 150 valence electrons. The number of halogens is 1. The molecule has 1 N–H and O–H groups in total. The van der Waals surface area contributed by atoms with Crippen molar-refractivity contribution in [2.45, 2.75) is 52.1 Å². The maximum absolute atomic E-state index is 12.4. The van der Waals surface area contributed by atoms with E-state index in [0.717, 1.165) is 63.2 Å². The summed E-state index contributed by atoms with van der Waals surface area (Å²) in [4.78, 5) is 21.5. The van der Waals surface area contributed by atoms with Crippen molar-refractivity contribution in [3.8, 4) is 0 Å². The third-order valence-corrected chi connectivity index (χ3v) is 5.61. The highest BCUT2D eigenvalue weighted by Gasteiger charge is 2.36. The number of guanidine groups is 1. The first-order valence-electron chi connectivity index (χ1n) is 9.87. The Kier molecular flexibility index (Phi) is 6.59. The number of nitrogens with zero attached hydrogens (tertiary/aromatic N) is 6. The lowest BCUT2D eigenvalue weighted by molar-refractivity contribution is -0.135. The molecule has 4 rings (SSSR count). The lowest BCUT2D eigenvalue weighted by Crippen LogP contribution is -2.55. The number of amides is 1. The van der Waals surface area contributed by atoms with Gasteiger partial charge >= 0.3 is 0 Å². The van der Waals surface area contributed by atoms with E-state index in [0.29, 0.717) is 18.5 Å². The van der Waals surface area contributed by atoms with Crippen molar-refractivity contribution >= 4 is 35.8 Å². The van der Waals surface area contributed by atoms with Gasteiger partial charge < -0.3 is 19.7 Å². The quantitative estimate of drug-likeness (QED) is 0.390. The van der Waals surface area contributed by atoms with E-state index >= 15 is 0 Å². The average molecular weight is 487 g/mol. The van der Waals surface area contributed by atoms with E-state index in [2.05, 4.69) is 36.8 Å². The lowest BCUT2D eigenvalue weighted by atomic mass is 9.99. The zero-order valence-electron chi connectivity index (χ0n) is 16.2. The molecule has 1 atom stereocenters. The van der Waals surface area contributed by atoms with Gasteiger partial charge in [-0.1, -0.05) is 0 Å². The van der Waals surface area contributed by atoms with Crippen LogP contribution in [0.15, 0.2) is 4.99 Å². The van der Waals surface area contributed by atoms with Crippen LogP contribution in [0.4, 0.5) is 0 Å². The van der Waals surface area contributed by atoms with E-state index in [1.165, 1.54) is 12.8 Å². The molecule has 1 saturated heterocycles. The fraction of sp³-hybridized carbons (Fsp3) is 0.778. The van der Waals surface area contributed by atoms with Crippen molar-refractivity contribution in [1.29, 1.82) is 0 Å². The number of aliphatic imine (C=N–C) groups is 1. The van der Waals surface area contributed by atoms with E-state index in [1.54, 1.807) is 0 Å². The van der Waals surface area contributed by atoms with Crippen LogP contribution in [-0.2, 0) is 17.8 Å². The average Bonchev–Trinajstić information content (AvgIpc) is 3.42. The largest absolute Gasteiger partial charge is 0.357 e. The predicted molar refractivity (Wildman–Crippen MR) is 114 cm³/mol. The summed E-state index contributed by atoms with van der Waals surface area (Å²) in [5, 5.41) is 11.8. The summed E-state index contributed by atoms with van der Waals surface area (Å²) in [5.41, 5.74) is 0. The molecule has 0 aromatic carbocycles. The standard InChI is InChI=1S/C18H29N7O.HI/c1-3-19-18(23-8-9-24(15-5-6-15)17(26)12-23)20-10-14-4-7-16-22-21-13(2)25(16)11-14;/h14-15H,3-12H2,1-2H3,(H,19,20);1H. The topological polar surface area (TPSA) is 78.7 Å². The van der Waals surface area contributed by atoms with Crippen molar-refractivity contribution in [2.75, 3.05) is 32.7 Å². The molecule has 0 radical (unpaired) electrons. The van der Waals surface area contributed by atoms with Crippen molar-refractivity contribution in [1.82, 2.24) is 29.9 Å². The maximum Gasteiger partial charge on any atom is 0.242 e. The van der Waals surface area contributed by atoms with Gasteiger partial charge in [-0.15, -0.1) is 34.2 Å². The van der Waals surface area contributed by atoms with Crippen LogP contribution in [0, 0.1) is 12.8 Å². The van der Waals surface area contributed by atoms with Crippen LogP contribution in [0.5, 0.6) is 0 Å². The first-order valence-corrected chi connectivity index (χ1v) is 9.87. The summed E-state index contributed by atoms with van der Waals surface area (Å²) in [5.74, 6) is 3.70. The summed E-state index contributed by atoms with van der Waals surface area (Å²) in [6.07, 6.45) is 4.41. The Morgan fingerprint density at radius 3 is 2.78 bits per heavy atom. The van der Waals surface area contributed by atoms with Gasteiger partial charge in [0.05, 0.1) is 6.54 Å². The first-order chi connectivity index (χ1) is 12.7. The number of aryl methyl sites for hydroxylation is 2. The molecule has 0 bridgehead atoms. The van der Waals surface area contributed by atoms with Crippen LogP contribution in [0.25, 0.3) is 0 Å². The summed E-state index contributed by atoms with van der Waals surface area (Å²) in [6.45, 7) is 8.75. The molecule has 3 aliphatic rings. The summed E-state index contributed by atoms with van der Waals surface area (Å²) in [7, 11) is 0. The van der Waals surface area contributed by atoms with Gasteiger partial charge in [0.2, 0.25) is 5.91 Å². The molecule has 9 heteroatoms. The van der Waals surface area contributed by atoms with Crippen molar-refractivity contribution in [3.05, 3.63) is 11.6 Å². The molecule has 1 aliphatic carbocycles. The van der Waals surface area contributed by atoms with Crippen LogP contribution in [0.2, 0.25) is 0 Å². The molecule has 1 saturated carbocycles. The third kappa shape index (κ3) is 4.55. The number of nitrogens with one attached hydrogen (secondary N) is 1. The summed E-state index contributed by atoms with van der Waals surface area (Å²) in [6, 6.07) is 0.507. The number of aromatic nitrogens is 3. The Morgan fingerprint density at radius 1 is 1.26 bits per heavy atom. The SMILES string of the molecule is CCNC(=NCC1CCc2nnc(C)n2C1)N1CCN(C2CC2)C(=O)C1.I. The fourth-order valence-electron chi connectivity index (χ4n) is 3.96. The number of piperazine rings is 1. The van der Waals surface area contributed by atoms with Gasteiger partial charge in [-0.25, -0.2) is 0 Å². The number of fused-ring (bicyclic) bond motifs is 1. The van der Waals surface area contributed by atoms with E-state index < -0.39 is 0 Å². The number of rotatable bonds is 4. The molecule has 2 aliphatic heterocycles. The van der Waals surface area contributed by atoms with Crippen molar-refractivity contribution in [3.63, 3.8) is 0 Å². The smallest absolute Gasteiger partial charge is 0.242 e. The number of hydrogen-bond donors (Lipinski definition) is 1. The van der Waals surface area contributed by atoms with E-state index in [1.807, 2.05) is 6.92 Å². The molecular weight excluding hydrogens is 457 g/mol. The second-order valence-corrected chi connectivity index (χ2v) is 7.61. The third-order valence-electron chi connectivity index (χ3n) is 5.61. The molecule has 27 heavy (non-hydrogen) atoms. The molecule has 2 fully saturated rings. The van der Waals surface area contributed by atoms with Gasteiger partial charge in [-0.05, 0) is 39.0 Å². The first kappa shape index (κ1) is 20.3. The fourth-order valence-corrected chi connectivity index (χ4v) is 3.96. The Morgan fingerprint density at radius 2 is 2.07 bits per heavy atom. The van der Waals surface area contributed by atoms with Crippen LogP contribution in [0.1, 0.15) is 37.8 Å². The van der Waals surface area contributed by atoms with E-state index in [9.17, 15) is 4.79 Å². The summed E-state index contributed by atoms with van der Waals surface area (Å²) >= 11 is 0. The molecule has 1 aromatic heterocycles. The molecule has 1 amide bonds. The molecule has 1 unspecified atom stereocenters. The lowest BCUT2D eigenvalue weighted by Gasteiger charge is -2.36. The highest BCUT2D eigenvalue weighted by molar-refractivity contribution is 14.0. The highest BCUT2D eigenvalue weighted by Crippen LogP contribution is 2.28. The highest BCUT2D eigenvalue weighted by atomic mass is 127. The van der Waals surface area contributed by atoms with Gasteiger partial charge in [0.25, 0.3) is 0 Å². The van der Waals surface area contributed by atoms with Gasteiger partial charge in [0.1, 0.15) is 11.6 Å². The van der Waals surface area contributed by atoms with Crippen molar-refractivity contribution in [2.24, 2.45) is 10.9 Å². The number of carbonyl (C=O) groups excluding carboxylic acids is 1. The molecule has 0 spiro atoms. The monoisotopic (exact) mass is 487 g/mol. The Hall–Kier alpha value is -1.39. The number of hydrogen-bond acceptors (Lipinski definition) is 4. The Labute approximate surface area is 177 Å². The minimum Gasteiger partial charge on any atom is -0.357 e. The minimum atomic E-state index is 0. The van der Waals surface area contributed by atoms with Gasteiger partial charge in [-0.2, -0.15) is 0 Å². The zero-order valence-corrected chi connectivity index (χ0v) is 18.6. The minimum absolute atomic E-state index is 0. The van der Waals surface area contributed by atoms with Gasteiger partial charge in [-0.3, -0.25) is 9.79 Å².